The SMILES string of the molecule is O=C(NCc1ccccc1)Nc1cc(-c2nc3ccccc3[nH]2)[nH]n1. The molecule has 2 heterocycles. The van der Waals surface area contributed by atoms with Gasteiger partial charge in [0.1, 0.15) is 5.69 Å². The Balaban J connectivity index is 1.41. The number of imidazole rings is 1. The first kappa shape index (κ1) is 14.9. The molecule has 4 rings (SSSR count). The lowest BCUT2D eigenvalue weighted by Crippen LogP contribution is -2.28. The largest absolute Gasteiger partial charge is 0.337 e. The molecule has 0 atom stereocenters. The third kappa shape index (κ3) is 3.35. The van der Waals surface area contributed by atoms with Crippen molar-refractivity contribution in [1.82, 2.24) is 25.5 Å². The maximum atomic E-state index is 12.0. The van der Waals surface area contributed by atoms with Gasteiger partial charge in [0.2, 0.25) is 0 Å². The third-order valence-corrected chi connectivity index (χ3v) is 3.76. The zero-order valence-electron chi connectivity index (χ0n) is 13.3. The van der Waals surface area contributed by atoms with E-state index in [2.05, 4.69) is 30.8 Å². The summed E-state index contributed by atoms with van der Waals surface area (Å²) in [5, 5.41) is 12.5. The summed E-state index contributed by atoms with van der Waals surface area (Å²) in [4.78, 5) is 19.7. The summed E-state index contributed by atoms with van der Waals surface area (Å²) in [6, 6.07) is 18.9. The van der Waals surface area contributed by atoms with Gasteiger partial charge in [0.25, 0.3) is 0 Å². The lowest BCUT2D eigenvalue weighted by Gasteiger charge is -2.05. The molecule has 2 aromatic heterocycles. The van der Waals surface area contributed by atoms with Crippen LogP contribution in [0.1, 0.15) is 5.56 Å². The van der Waals surface area contributed by atoms with E-state index in [1.165, 1.54) is 0 Å². The monoisotopic (exact) mass is 332 g/mol. The highest BCUT2D eigenvalue weighted by molar-refractivity contribution is 5.88. The highest BCUT2D eigenvalue weighted by atomic mass is 16.2. The van der Waals surface area contributed by atoms with Crippen LogP contribution in [-0.2, 0) is 6.54 Å². The number of nitrogens with zero attached hydrogens (tertiary/aromatic N) is 2. The van der Waals surface area contributed by atoms with Gasteiger partial charge in [-0.2, -0.15) is 5.10 Å². The van der Waals surface area contributed by atoms with Crippen molar-refractivity contribution in [2.75, 3.05) is 5.32 Å². The van der Waals surface area contributed by atoms with Crippen molar-refractivity contribution in [3.63, 3.8) is 0 Å². The number of hydrogen-bond donors (Lipinski definition) is 4. The first-order valence-corrected chi connectivity index (χ1v) is 7.87. The summed E-state index contributed by atoms with van der Waals surface area (Å²) in [6.07, 6.45) is 0. The summed E-state index contributed by atoms with van der Waals surface area (Å²) in [6.45, 7) is 0.452. The number of rotatable bonds is 4. The van der Waals surface area contributed by atoms with Gasteiger partial charge < -0.3 is 10.3 Å². The third-order valence-electron chi connectivity index (χ3n) is 3.76. The minimum atomic E-state index is -0.313. The molecule has 4 N–H and O–H groups in total. The van der Waals surface area contributed by atoms with Gasteiger partial charge in [-0.25, -0.2) is 9.78 Å². The molecule has 2 aromatic carbocycles. The normalized spacial score (nSPS) is 10.7. The number of carbonyl (C=O) groups excluding carboxylic acids is 1. The van der Waals surface area contributed by atoms with Gasteiger partial charge in [-0.1, -0.05) is 42.5 Å². The minimum absolute atomic E-state index is 0.313. The van der Waals surface area contributed by atoms with Gasteiger partial charge in [-0.15, -0.1) is 0 Å². The van der Waals surface area contributed by atoms with Crippen LogP contribution in [0.2, 0.25) is 0 Å². The standard InChI is InChI=1S/C18H16N6O/c25-18(19-11-12-6-2-1-3-7-12)22-16-10-15(23-24-16)17-20-13-8-4-5-9-14(13)21-17/h1-10H,11H2,(H,20,21)(H3,19,22,23,24,25). The van der Waals surface area contributed by atoms with Gasteiger partial charge in [-0.05, 0) is 17.7 Å². The van der Waals surface area contributed by atoms with Gasteiger partial charge in [-0.3, -0.25) is 10.4 Å². The molecule has 0 spiro atoms. The first-order chi connectivity index (χ1) is 12.3. The van der Waals surface area contributed by atoms with Crippen LogP contribution in [-0.4, -0.2) is 26.2 Å². The van der Waals surface area contributed by atoms with Gasteiger partial charge in [0.05, 0.1) is 11.0 Å². The number of carbonyl (C=O) groups is 1. The summed E-state index contributed by atoms with van der Waals surface area (Å²) >= 11 is 0. The second-order valence-electron chi connectivity index (χ2n) is 5.56. The number of aromatic nitrogens is 4. The molecule has 0 saturated carbocycles. The predicted octanol–water partition coefficient (Wildman–Crippen LogP) is 3.27. The van der Waals surface area contributed by atoms with E-state index >= 15 is 0 Å². The van der Waals surface area contributed by atoms with Crippen LogP contribution in [0, 0.1) is 0 Å². The average Bonchev–Trinajstić information content (AvgIpc) is 3.27. The van der Waals surface area contributed by atoms with Crippen LogP contribution in [0.4, 0.5) is 10.6 Å². The number of hydrogen-bond acceptors (Lipinski definition) is 3. The molecule has 0 aliphatic heterocycles. The van der Waals surface area contributed by atoms with E-state index in [4.69, 9.17) is 0 Å². The molecule has 0 radical (unpaired) electrons. The molecular formula is C18H16N6O. The van der Waals surface area contributed by atoms with Crippen molar-refractivity contribution < 1.29 is 4.79 Å². The fourth-order valence-corrected chi connectivity index (χ4v) is 2.53. The second kappa shape index (κ2) is 6.48. The van der Waals surface area contributed by atoms with Crippen molar-refractivity contribution in [3.8, 4) is 11.5 Å². The van der Waals surface area contributed by atoms with Gasteiger partial charge >= 0.3 is 6.03 Å². The summed E-state index contributed by atoms with van der Waals surface area (Å²) in [5.74, 6) is 1.10. The van der Waals surface area contributed by atoms with Crippen molar-refractivity contribution in [2.45, 2.75) is 6.54 Å². The number of amides is 2. The van der Waals surface area contributed by atoms with Crippen LogP contribution in [0.5, 0.6) is 0 Å². The molecule has 0 saturated heterocycles. The minimum Gasteiger partial charge on any atom is -0.337 e. The van der Waals surface area contributed by atoms with Crippen molar-refractivity contribution in [1.29, 1.82) is 0 Å². The first-order valence-electron chi connectivity index (χ1n) is 7.87. The quantitative estimate of drug-likeness (QED) is 0.461. The Labute approximate surface area is 143 Å². The predicted molar refractivity (Wildman–Crippen MR) is 96.0 cm³/mol. The number of fused-ring (bicyclic) bond motifs is 1. The Morgan fingerprint density at radius 1 is 1.04 bits per heavy atom. The molecule has 0 aliphatic carbocycles. The van der Waals surface area contributed by atoms with E-state index in [9.17, 15) is 4.79 Å². The Kier molecular flexibility index (Phi) is 3.88. The van der Waals surface area contributed by atoms with Crippen LogP contribution >= 0.6 is 0 Å². The number of benzene rings is 2. The highest BCUT2D eigenvalue weighted by Gasteiger charge is 2.10. The zero-order valence-corrected chi connectivity index (χ0v) is 13.3. The number of aromatic amines is 2. The molecule has 0 fully saturated rings. The lowest BCUT2D eigenvalue weighted by atomic mass is 10.2. The molecule has 7 heteroatoms. The van der Waals surface area contributed by atoms with Crippen molar-refractivity contribution in [3.05, 3.63) is 66.2 Å². The summed E-state index contributed by atoms with van der Waals surface area (Å²) in [7, 11) is 0. The molecular weight excluding hydrogens is 316 g/mol. The van der Waals surface area contributed by atoms with Crippen LogP contribution in [0.15, 0.2) is 60.7 Å². The Morgan fingerprint density at radius 2 is 1.84 bits per heavy atom. The van der Waals surface area contributed by atoms with Gasteiger partial charge in [0, 0.05) is 12.6 Å². The molecule has 4 aromatic rings. The van der Waals surface area contributed by atoms with Crippen molar-refractivity contribution in [2.24, 2.45) is 0 Å². The number of urea groups is 1. The number of anilines is 1. The lowest BCUT2D eigenvalue weighted by molar-refractivity contribution is 0.251. The number of H-pyrrole nitrogens is 2. The molecule has 25 heavy (non-hydrogen) atoms. The zero-order chi connectivity index (χ0) is 17.1. The molecule has 0 bridgehead atoms. The second-order valence-corrected chi connectivity index (χ2v) is 5.56. The molecule has 2 amide bonds. The van der Waals surface area contributed by atoms with E-state index in [0.717, 1.165) is 16.6 Å². The molecule has 7 nitrogen and oxygen atoms in total. The van der Waals surface area contributed by atoms with Crippen LogP contribution in [0.25, 0.3) is 22.6 Å². The number of nitrogens with one attached hydrogen (secondary N) is 4. The van der Waals surface area contributed by atoms with E-state index in [-0.39, 0.29) is 6.03 Å². The Morgan fingerprint density at radius 3 is 2.68 bits per heavy atom. The molecule has 0 aliphatic rings. The molecule has 124 valence electrons. The Hall–Kier alpha value is -3.61. The van der Waals surface area contributed by atoms with Crippen molar-refractivity contribution >= 4 is 22.9 Å². The van der Waals surface area contributed by atoms with E-state index in [1.807, 2.05) is 54.6 Å². The summed E-state index contributed by atoms with van der Waals surface area (Å²) < 4.78 is 0. The van der Waals surface area contributed by atoms with E-state index < -0.39 is 0 Å². The maximum absolute atomic E-state index is 12.0. The van der Waals surface area contributed by atoms with Crippen LogP contribution in [0.3, 0.4) is 0 Å². The van der Waals surface area contributed by atoms with Gasteiger partial charge in [0.15, 0.2) is 11.6 Å². The van der Waals surface area contributed by atoms with E-state index in [0.29, 0.717) is 23.9 Å². The fraction of sp³-hybridized carbons (Fsp3) is 0.0556. The Bertz CT molecular complexity index is 972. The number of para-hydroxylation sites is 2. The fourth-order valence-electron chi connectivity index (χ4n) is 2.53. The van der Waals surface area contributed by atoms with E-state index in [1.54, 1.807) is 6.07 Å². The highest BCUT2D eigenvalue weighted by Crippen LogP contribution is 2.20. The summed E-state index contributed by atoms with van der Waals surface area (Å²) in [5.41, 5.74) is 3.56. The molecule has 0 unspecified atom stereocenters. The maximum Gasteiger partial charge on any atom is 0.320 e. The average molecular weight is 332 g/mol. The topological polar surface area (TPSA) is 98.5 Å². The van der Waals surface area contributed by atoms with Crippen LogP contribution < -0.4 is 10.6 Å². The smallest absolute Gasteiger partial charge is 0.320 e.